The molecule has 0 atom stereocenters. The molecule has 1 aromatic carbocycles. The van der Waals surface area contributed by atoms with Crippen LogP contribution in [0.25, 0.3) is 0 Å². The van der Waals surface area contributed by atoms with Gasteiger partial charge in [0.2, 0.25) is 5.95 Å². The Morgan fingerprint density at radius 2 is 1.87 bits per heavy atom. The Morgan fingerprint density at radius 3 is 2.58 bits per heavy atom. The van der Waals surface area contributed by atoms with Crippen molar-refractivity contribution in [3.63, 3.8) is 0 Å². The second kappa shape index (κ2) is 14.0. The van der Waals surface area contributed by atoms with Gasteiger partial charge in [-0.15, -0.1) is 24.0 Å². The lowest BCUT2D eigenvalue weighted by Gasteiger charge is -2.34. The van der Waals surface area contributed by atoms with Crippen LogP contribution in [0.2, 0.25) is 0 Å². The van der Waals surface area contributed by atoms with Crippen LogP contribution in [0.5, 0.6) is 5.75 Å². The van der Waals surface area contributed by atoms with E-state index in [1.807, 2.05) is 24.3 Å². The molecule has 0 spiro atoms. The van der Waals surface area contributed by atoms with Gasteiger partial charge in [-0.1, -0.05) is 12.1 Å². The summed E-state index contributed by atoms with van der Waals surface area (Å²) < 4.78 is 5.28. The summed E-state index contributed by atoms with van der Waals surface area (Å²) in [6.45, 7) is 9.55. The van der Waals surface area contributed by atoms with E-state index < -0.39 is 0 Å². The van der Waals surface area contributed by atoms with Gasteiger partial charge in [0.25, 0.3) is 0 Å². The lowest BCUT2D eigenvalue weighted by Crippen LogP contribution is -2.47. The van der Waals surface area contributed by atoms with Crippen molar-refractivity contribution in [2.75, 3.05) is 57.8 Å². The Hall–Kier alpha value is -2.14. The van der Waals surface area contributed by atoms with E-state index in [2.05, 4.69) is 43.4 Å². The average molecular weight is 539 g/mol. The van der Waals surface area contributed by atoms with Crippen LogP contribution >= 0.6 is 24.0 Å². The SMILES string of the molecule is CCNC(=NCc1cccc(OC)c1)NCCCN1CCN(c2ncccn2)CC1.I. The molecule has 170 valence electrons. The highest BCUT2D eigenvalue weighted by Crippen LogP contribution is 2.13. The number of guanidine groups is 1. The van der Waals surface area contributed by atoms with Crippen LogP contribution in [0.3, 0.4) is 0 Å². The highest BCUT2D eigenvalue weighted by molar-refractivity contribution is 14.0. The van der Waals surface area contributed by atoms with E-state index in [1.54, 1.807) is 19.5 Å². The maximum Gasteiger partial charge on any atom is 0.225 e. The molecule has 8 nitrogen and oxygen atoms in total. The van der Waals surface area contributed by atoms with Crippen molar-refractivity contribution in [1.82, 2.24) is 25.5 Å². The monoisotopic (exact) mass is 539 g/mol. The molecular weight excluding hydrogens is 505 g/mol. The van der Waals surface area contributed by atoms with Crippen molar-refractivity contribution in [3.8, 4) is 5.75 Å². The molecule has 1 aromatic heterocycles. The number of nitrogens with zero attached hydrogens (tertiary/aromatic N) is 5. The quantitative estimate of drug-likeness (QED) is 0.219. The number of hydrogen-bond acceptors (Lipinski definition) is 6. The van der Waals surface area contributed by atoms with Gasteiger partial charge in [-0.05, 0) is 43.7 Å². The number of aliphatic imine (C=N–C) groups is 1. The number of nitrogens with one attached hydrogen (secondary N) is 2. The number of piperazine rings is 1. The van der Waals surface area contributed by atoms with Gasteiger partial charge in [0.1, 0.15) is 5.75 Å². The van der Waals surface area contributed by atoms with Crippen molar-refractivity contribution in [3.05, 3.63) is 48.3 Å². The van der Waals surface area contributed by atoms with Gasteiger partial charge in [-0.2, -0.15) is 0 Å². The number of benzene rings is 1. The van der Waals surface area contributed by atoms with Crippen LogP contribution in [0, 0.1) is 0 Å². The summed E-state index contributed by atoms with van der Waals surface area (Å²) in [5.74, 6) is 2.55. The molecule has 2 N–H and O–H groups in total. The van der Waals surface area contributed by atoms with Gasteiger partial charge in [0.15, 0.2) is 5.96 Å². The van der Waals surface area contributed by atoms with E-state index in [4.69, 9.17) is 9.73 Å². The number of methoxy groups -OCH3 is 1. The average Bonchev–Trinajstić information content (AvgIpc) is 2.81. The minimum Gasteiger partial charge on any atom is -0.497 e. The lowest BCUT2D eigenvalue weighted by atomic mass is 10.2. The molecule has 1 saturated heterocycles. The molecule has 3 rings (SSSR count). The van der Waals surface area contributed by atoms with Crippen molar-refractivity contribution in [2.24, 2.45) is 4.99 Å². The summed E-state index contributed by atoms with van der Waals surface area (Å²) in [4.78, 5) is 18.1. The predicted octanol–water partition coefficient (Wildman–Crippen LogP) is 2.37. The third-order valence-corrected chi connectivity index (χ3v) is 5.05. The molecule has 31 heavy (non-hydrogen) atoms. The number of anilines is 1. The highest BCUT2D eigenvalue weighted by atomic mass is 127. The third-order valence-electron chi connectivity index (χ3n) is 5.05. The second-order valence-electron chi connectivity index (χ2n) is 7.20. The molecule has 0 amide bonds. The van der Waals surface area contributed by atoms with E-state index in [1.165, 1.54) is 0 Å². The molecule has 9 heteroatoms. The lowest BCUT2D eigenvalue weighted by molar-refractivity contribution is 0.254. The summed E-state index contributed by atoms with van der Waals surface area (Å²) in [6.07, 6.45) is 4.68. The summed E-state index contributed by atoms with van der Waals surface area (Å²) in [5.41, 5.74) is 1.13. The molecule has 1 fully saturated rings. The fourth-order valence-corrected chi connectivity index (χ4v) is 3.42. The van der Waals surface area contributed by atoms with E-state index in [0.717, 1.165) is 75.5 Å². The summed E-state index contributed by atoms with van der Waals surface area (Å²) >= 11 is 0. The summed E-state index contributed by atoms with van der Waals surface area (Å²) in [7, 11) is 1.68. The first-order chi connectivity index (χ1) is 14.8. The zero-order chi connectivity index (χ0) is 21.0. The first-order valence-corrected chi connectivity index (χ1v) is 10.7. The van der Waals surface area contributed by atoms with Crippen molar-refractivity contribution >= 4 is 35.9 Å². The van der Waals surface area contributed by atoms with Crippen molar-refractivity contribution in [1.29, 1.82) is 0 Å². The van der Waals surface area contributed by atoms with Gasteiger partial charge in [0.05, 0.1) is 13.7 Å². The standard InChI is InChI=1S/C22H33N7O.HI/c1-3-23-21(27-18-19-7-4-8-20(17-19)30-2)24-11-6-12-28-13-15-29(16-14-28)22-25-9-5-10-26-22;/h4-5,7-10,17H,3,6,11-16,18H2,1-2H3,(H2,23,24,27);1H. The van der Waals surface area contributed by atoms with Crippen molar-refractivity contribution < 1.29 is 4.74 Å². The van der Waals surface area contributed by atoms with E-state index >= 15 is 0 Å². The Labute approximate surface area is 202 Å². The minimum absolute atomic E-state index is 0. The number of hydrogen-bond donors (Lipinski definition) is 2. The molecule has 0 unspecified atom stereocenters. The number of rotatable bonds is 9. The fourth-order valence-electron chi connectivity index (χ4n) is 3.42. The van der Waals surface area contributed by atoms with Gasteiger partial charge < -0.3 is 20.3 Å². The molecule has 0 saturated carbocycles. The maximum atomic E-state index is 5.28. The van der Waals surface area contributed by atoms with Gasteiger partial charge in [-0.3, -0.25) is 4.90 Å². The van der Waals surface area contributed by atoms with Crippen LogP contribution in [-0.4, -0.2) is 73.8 Å². The van der Waals surface area contributed by atoms with Crippen LogP contribution < -0.4 is 20.3 Å². The molecule has 2 aromatic rings. The Morgan fingerprint density at radius 1 is 1.10 bits per heavy atom. The maximum absolute atomic E-state index is 5.28. The Kier molecular flexibility index (Phi) is 11.4. The minimum atomic E-state index is 0. The zero-order valence-corrected chi connectivity index (χ0v) is 20.8. The number of halogens is 1. The van der Waals surface area contributed by atoms with Gasteiger partial charge in [-0.25, -0.2) is 15.0 Å². The summed E-state index contributed by atoms with van der Waals surface area (Å²) in [5, 5.41) is 6.76. The second-order valence-corrected chi connectivity index (χ2v) is 7.20. The van der Waals surface area contributed by atoms with E-state index in [9.17, 15) is 0 Å². The Balaban J connectivity index is 0.00000341. The van der Waals surface area contributed by atoms with Crippen LogP contribution in [0.15, 0.2) is 47.7 Å². The molecule has 1 aliphatic heterocycles. The largest absolute Gasteiger partial charge is 0.497 e. The van der Waals surface area contributed by atoms with Crippen molar-refractivity contribution in [2.45, 2.75) is 19.9 Å². The fraction of sp³-hybridized carbons (Fsp3) is 0.500. The normalized spacial score (nSPS) is 14.6. The van der Waals surface area contributed by atoms with Gasteiger partial charge >= 0.3 is 0 Å². The molecule has 1 aliphatic rings. The molecule has 0 bridgehead atoms. The van der Waals surface area contributed by atoms with Crippen LogP contribution in [0.1, 0.15) is 18.9 Å². The molecule has 0 aliphatic carbocycles. The zero-order valence-electron chi connectivity index (χ0n) is 18.5. The molecule has 2 heterocycles. The van der Waals surface area contributed by atoms with Gasteiger partial charge in [0, 0.05) is 51.7 Å². The third kappa shape index (κ3) is 8.48. The first-order valence-electron chi connectivity index (χ1n) is 10.7. The number of ether oxygens (including phenoxy) is 1. The topological polar surface area (TPSA) is 77.9 Å². The van der Waals surface area contributed by atoms with E-state index in [0.29, 0.717) is 6.54 Å². The predicted molar refractivity (Wildman–Crippen MR) is 137 cm³/mol. The summed E-state index contributed by atoms with van der Waals surface area (Å²) in [6, 6.07) is 9.88. The molecule has 0 radical (unpaired) electrons. The van der Waals surface area contributed by atoms with Crippen LogP contribution in [-0.2, 0) is 6.54 Å². The Bertz CT molecular complexity index is 782. The van der Waals surface area contributed by atoms with Crippen LogP contribution in [0.4, 0.5) is 5.95 Å². The molecular formula is C22H34IN7O. The first kappa shape index (κ1) is 25.1. The highest BCUT2D eigenvalue weighted by Gasteiger charge is 2.18. The smallest absolute Gasteiger partial charge is 0.225 e. The number of aromatic nitrogens is 2. The van der Waals surface area contributed by atoms with E-state index in [-0.39, 0.29) is 24.0 Å².